The molecule has 138 valence electrons. The molecule has 3 aromatic rings. The van der Waals surface area contributed by atoms with Crippen molar-refractivity contribution in [3.8, 4) is 10.6 Å². The molecular formula is C19H25N5OS. The molecule has 0 saturated heterocycles. The van der Waals surface area contributed by atoms with Crippen LogP contribution in [0.4, 0.5) is 0 Å². The number of nitrogens with one attached hydrogen (secondary N) is 2. The minimum atomic E-state index is -0.0863. The molecule has 6 nitrogen and oxygen atoms in total. The van der Waals surface area contributed by atoms with Crippen molar-refractivity contribution < 1.29 is 4.79 Å². The highest BCUT2D eigenvalue weighted by molar-refractivity contribution is 7.13. The Morgan fingerprint density at radius 2 is 2.15 bits per heavy atom. The SMILES string of the molecule is CCCNCCNC(=O)c1cc(-c2cccs2)nc2c1cnn2C(C)C. The maximum absolute atomic E-state index is 12.8. The second kappa shape index (κ2) is 8.42. The summed E-state index contributed by atoms with van der Waals surface area (Å²) in [5.74, 6) is -0.0863. The molecule has 0 bridgehead atoms. The third-order valence-electron chi connectivity index (χ3n) is 4.09. The Bertz CT molecular complexity index is 870. The van der Waals surface area contributed by atoms with Crippen molar-refractivity contribution in [2.45, 2.75) is 33.2 Å². The van der Waals surface area contributed by atoms with E-state index >= 15 is 0 Å². The highest BCUT2D eigenvalue weighted by atomic mass is 32.1. The summed E-state index contributed by atoms with van der Waals surface area (Å²) in [6.45, 7) is 8.55. The first-order valence-corrected chi connectivity index (χ1v) is 9.90. The van der Waals surface area contributed by atoms with Gasteiger partial charge >= 0.3 is 0 Å². The Morgan fingerprint density at radius 3 is 2.85 bits per heavy atom. The molecule has 0 fully saturated rings. The van der Waals surface area contributed by atoms with Crippen LogP contribution in [0, 0.1) is 0 Å². The maximum Gasteiger partial charge on any atom is 0.252 e. The van der Waals surface area contributed by atoms with Crippen molar-refractivity contribution in [3.05, 3.63) is 35.3 Å². The third-order valence-corrected chi connectivity index (χ3v) is 4.98. The van der Waals surface area contributed by atoms with Crippen LogP contribution < -0.4 is 10.6 Å². The number of rotatable bonds is 8. The van der Waals surface area contributed by atoms with Crippen LogP contribution in [0.25, 0.3) is 21.6 Å². The number of carbonyl (C=O) groups is 1. The van der Waals surface area contributed by atoms with E-state index in [4.69, 9.17) is 4.98 Å². The van der Waals surface area contributed by atoms with E-state index in [0.717, 1.165) is 41.1 Å². The van der Waals surface area contributed by atoms with Gasteiger partial charge in [0.25, 0.3) is 5.91 Å². The predicted octanol–water partition coefficient (Wildman–Crippen LogP) is 3.47. The molecule has 0 atom stereocenters. The molecule has 0 aliphatic rings. The fraction of sp³-hybridized carbons (Fsp3) is 0.421. The first-order valence-electron chi connectivity index (χ1n) is 9.03. The Balaban J connectivity index is 1.94. The molecule has 0 spiro atoms. The monoisotopic (exact) mass is 371 g/mol. The van der Waals surface area contributed by atoms with Crippen LogP contribution in [0.3, 0.4) is 0 Å². The van der Waals surface area contributed by atoms with Crippen LogP contribution in [0.15, 0.2) is 29.8 Å². The Kier molecular flexibility index (Phi) is 6.00. The van der Waals surface area contributed by atoms with E-state index in [2.05, 4.69) is 36.5 Å². The van der Waals surface area contributed by atoms with E-state index < -0.39 is 0 Å². The molecular weight excluding hydrogens is 346 g/mol. The second-order valence-corrected chi connectivity index (χ2v) is 7.41. The number of hydrogen-bond acceptors (Lipinski definition) is 5. The van der Waals surface area contributed by atoms with Gasteiger partial charge in [-0.25, -0.2) is 9.67 Å². The lowest BCUT2D eigenvalue weighted by Crippen LogP contribution is -2.32. The lowest BCUT2D eigenvalue weighted by Gasteiger charge is -2.10. The fourth-order valence-corrected chi connectivity index (χ4v) is 3.48. The number of aromatic nitrogens is 3. The van der Waals surface area contributed by atoms with Gasteiger partial charge in [0, 0.05) is 19.1 Å². The van der Waals surface area contributed by atoms with Gasteiger partial charge in [0.1, 0.15) is 0 Å². The molecule has 3 heterocycles. The molecule has 0 unspecified atom stereocenters. The minimum absolute atomic E-state index is 0.0863. The average Bonchev–Trinajstić information content (AvgIpc) is 3.29. The van der Waals surface area contributed by atoms with Gasteiger partial charge in [0.2, 0.25) is 0 Å². The van der Waals surface area contributed by atoms with Gasteiger partial charge in [-0.05, 0) is 44.3 Å². The number of hydrogen-bond donors (Lipinski definition) is 2. The first kappa shape index (κ1) is 18.5. The fourth-order valence-electron chi connectivity index (χ4n) is 2.80. The summed E-state index contributed by atoms with van der Waals surface area (Å²) in [4.78, 5) is 18.6. The molecule has 2 N–H and O–H groups in total. The van der Waals surface area contributed by atoms with Crippen molar-refractivity contribution in [2.75, 3.05) is 19.6 Å². The Labute approximate surface area is 157 Å². The zero-order valence-corrected chi connectivity index (χ0v) is 16.3. The second-order valence-electron chi connectivity index (χ2n) is 6.46. The van der Waals surface area contributed by atoms with Crippen LogP contribution >= 0.6 is 11.3 Å². The highest BCUT2D eigenvalue weighted by Gasteiger charge is 2.18. The number of fused-ring (bicyclic) bond motifs is 1. The summed E-state index contributed by atoms with van der Waals surface area (Å²) in [6.07, 6.45) is 2.82. The van der Waals surface area contributed by atoms with Crippen molar-refractivity contribution in [1.29, 1.82) is 0 Å². The van der Waals surface area contributed by atoms with E-state index in [1.807, 2.05) is 28.3 Å². The first-order chi connectivity index (χ1) is 12.6. The van der Waals surface area contributed by atoms with Crippen molar-refractivity contribution in [1.82, 2.24) is 25.4 Å². The van der Waals surface area contributed by atoms with Crippen LogP contribution in [0.2, 0.25) is 0 Å². The van der Waals surface area contributed by atoms with E-state index in [-0.39, 0.29) is 11.9 Å². The van der Waals surface area contributed by atoms with Gasteiger partial charge in [0.05, 0.1) is 27.7 Å². The zero-order valence-electron chi connectivity index (χ0n) is 15.5. The normalized spacial score (nSPS) is 11.4. The molecule has 0 saturated carbocycles. The van der Waals surface area contributed by atoms with Crippen LogP contribution in [-0.2, 0) is 0 Å². The van der Waals surface area contributed by atoms with E-state index in [1.54, 1.807) is 17.5 Å². The standard InChI is InChI=1S/C19H25N5OS/c1-4-7-20-8-9-21-19(25)14-11-16(17-6-5-10-26-17)23-18-15(14)12-22-24(18)13(2)3/h5-6,10-13,20H,4,7-9H2,1-3H3,(H,21,25). The number of thiophene rings is 1. The van der Waals surface area contributed by atoms with Crippen LogP contribution in [0.5, 0.6) is 0 Å². The number of pyridine rings is 1. The van der Waals surface area contributed by atoms with Crippen molar-refractivity contribution in [3.63, 3.8) is 0 Å². The van der Waals surface area contributed by atoms with Gasteiger partial charge in [-0.2, -0.15) is 5.10 Å². The number of nitrogens with zero attached hydrogens (tertiary/aromatic N) is 3. The van der Waals surface area contributed by atoms with Crippen LogP contribution in [0.1, 0.15) is 43.6 Å². The summed E-state index contributed by atoms with van der Waals surface area (Å²) in [6, 6.07) is 6.05. The zero-order chi connectivity index (χ0) is 18.5. The summed E-state index contributed by atoms with van der Waals surface area (Å²) < 4.78 is 1.87. The molecule has 3 aromatic heterocycles. The van der Waals surface area contributed by atoms with Gasteiger partial charge in [-0.1, -0.05) is 13.0 Å². The van der Waals surface area contributed by atoms with Gasteiger partial charge in [0.15, 0.2) is 5.65 Å². The van der Waals surface area contributed by atoms with Crippen molar-refractivity contribution in [2.24, 2.45) is 0 Å². The molecule has 0 aliphatic carbocycles. The summed E-state index contributed by atoms with van der Waals surface area (Å²) in [5, 5.41) is 13.5. The quantitative estimate of drug-likeness (QED) is 0.595. The average molecular weight is 372 g/mol. The molecule has 0 aromatic carbocycles. The summed E-state index contributed by atoms with van der Waals surface area (Å²) in [7, 11) is 0. The van der Waals surface area contributed by atoms with Gasteiger partial charge in [-0.15, -0.1) is 11.3 Å². The van der Waals surface area contributed by atoms with E-state index in [1.165, 1.54) is 0 Å². The van der Waals surface area contributed by atoms with Gasteiger partial charge in [-0.3, -0.25) is 4.79 Å². The molecule has 3 rings (SSSR count). The molecule has 0 radical (unpaired) electrons. The molecule has 7 heteroatoms. The largest absolute Gasteiger partial charge is 0.351 e. The molecule has 0 aliphatic heterocycles. The molecule has 1 amide bonds. The lowest BCUT2D eigenvalue weighted by molar-refractivity contribution is 0.0955. The van der Waals surface area contributed by atoms with E-state index in [9.17, 15) is 4.79 Å². The number of carbonyl (C=O) groups excluding carboxylic acids is 1. The van der Waals surface area contributed by atoms with Gasteiger partial charge < -0.3 is 10.6 Å². The van der Waals surface area contributed by atoms with Crippen molar-refractivity contribution >= 4 is 28.3 Å². The predicted molar refractivity (Wildman–Crippen MR) is 107 cm³/mol. The molecule has 26 heavy (non-hydrogen) atoms. The topological polar surface area (TPSA) is 71.8 Å². The minimum Gasteiger partial charge on any atom is -0.351 e. The van der Waals surface area contributed by atoms with E-state index in [0.29, 0.717) is 12.1 Å². The highest BCUT2D eigenvalue weighted by Crippen LogP contribution is 2.28. The summed E-state index contributed by atoms with van der Waals surface area (Å²) >= 11 is 1.61. The number of amides is 1. The Morgan fingerprint density at radius 1 is 1.31 bits per heavy atom. The third kappa shape index (κ3) is 3.94. The maximum atomic E-state index is 12.8. The Hall–Kier alpha value is -2.25. The smallest absolute Gasteiger partial charge is 0.252 e. The summed E-state index contributed by atoms with van der Waals surface area (Å²) in [5.41, 5.74) is 2.19. The lowest BCUT2D eigenvalue weighted by atomic mass is 10.1. The van der Waals surface area contributed by atoms with Crippen LogP contribution in [-0.4, -0.2) is 40.3 Å².